The van der Waals surface area contributed by atoms with Crippen molar-refractivity contribution in [3.8, 4) is 11.5 Å². The van der Waals surface area contributed by atoms with Gasteiger partial charge < -0.3 is 20.1 Å². The lowest BCUT2D eigenvalue weighted by Gasteiger charge is -2.10. The van der Waals surface area contributed by atoms with Gasteiger partial charge in [0.05, 0.1) is 0 Å². The zero-order valence-corrected chi connectivity index (χ0v) is 21.0. The van der Waals surface area contributed by atoms with Crippen molar-refractivity contribution in [2.45, 2.75) is 20.3 Å². The summed E-state index contributed by atoms with van der Waals surface area (Å²) in [6.45, 7) is 3.86. The van der Waals surface area contributed by atoms with Crippen LogP contribution in [0.2, 0.25) is 0 Å². The van der Waals surface area contributed by atoms with Crippen LogP contribution in [0.15, 0.2) is 97.1 Å². The van der Waals surface area contributed by atoms with Crippen LogP contribution in [0.4, 0.5) is 11.4 Å². The normalized spacial score (nSPS) is 10.4. The minimum absolute atomic E-state index is 0.0495. The van der Waals surface area contributed by atoms with Gasteiger partial charge in [-0.3, -0.25) is 9.59 Å². The quantitative estimate of drug-likeness (QED) is 0.287. The average Bonchev–Trinajstić information content (AvgIpc) is 2.89. The van der Waals surface area contributed by atoms with Crippen molar-refractivity contribution in [3.05, 3.63) is 119 Å². The van der Waals surface area contributed by atoms with Gasteiger partial charge in [-0.05, 0) is 91.1 Å². The summed E-state index contributed by atoms with van der Waals surface area (Å²) in [6.07, 6.45) is 0.732. The van der Waals surface area contributed by atoms with Gasteiger partial charge in [-0.25, -0.2) is 0 Å². The van der Waals surface area contributed by atoms with E-state index in [0.717, 1.165) is 28.7 Å². The van der Waals surface area contributed by atoms with Gasteiger partial charge in [0.1, 0.15) is 11.5 Å². The Morgan fingerprint density at radius 3 is 1.38 bits per heavy atom. The van der Waals surface area contributed by atoms with E-state index in [-0.39, 0.29) is 25.0 Å². The molecular weight excluding hydrogens is 464 g/mol. The summed E-state index contributed by atoms with van der Waals surface area (Å²) in [5.41, 5.74) is 5.81. The Balaban J connectivity index is 1.21. The van der Waals surface area contributed by atoms with Gasteiger partial charge in [0, 0.05) is 11.4 Å². The third-order valence-electron chi connectivity index (χ3n) is 5.60. The van der Waals surface area contributed by atoms with Gasteiger partial charge in [0.2, 0.25) is 0 Å². The molecule has 4 rings (SSSR count). The first-order valence-corrected chi connectivity index (χ1v) is 12.1. The monoisotopic (exact) mass is 494 g/mol. The second-order valence-electron chi connectivity index (χ2n) is 8.88. The van der Waals surface area contributed by atoms with E-state index >= 15 is 0 Å². The molecule has 188 valence electrons. The molecule has 0 spiro atoms. The molecule has 0 bridgehead atoms. The summed E-state index contributed by atoms with van der Waals surface area (Å²) >= 11 is 0. The fourth-order valence-electron chi connectivity index (χ4n) is 3.75. The van der Waals surface area contributed by atoms with Crippen molar-refractivity contribution in [3.63, 3.8) is 0 Å². The first-order chi connectivity index (χ1) is 17.9. The average molecular weight is 495 g/mol. The van der Waals surface area contributed by atoms with Crippen molar-refractivity contribution in [2.24, 2.45) is 0 Å². The van der Waals surface area contributed by atoms with Gasteiger partial charge in [-0.2, -0.15) is 0 Å². The summed E-state index contributed by atoms with van der Waals surface area (Å²) in [5, 5.41) is 5.71. The highest BCUT2D eigenvalue weighted by Crippen LogP contribution is 2.17. The highest BCUT2D eigenvalue weighted by molar-refractivity contribution is 5.92. The maximum absolute atomic E-state index is 12.2. The molecule has 0 saturated carbocycles. The Bertz CT molecular complexity index is 1240. The van der Waals surface area contributed by atoms with Gasteiger partial charge in [0.15, 0.2) is 13.2 Å². The zero-order chi connectivity index (χ0) is 26.0. The molecule has 0 saturated heterocycles. The molecule has 0 heterocycles. The topological polar surface area (TPSA) is 76.7 Å². The molecule has 0 aliphatic rings. The summed E-state index contributed by atoms with van der Waals surface area (Å²) in [7, 11) is 0. The third kappa shape index (κ3) is 8.25. The number of carbonyl (C=O) groups excluding carboxylic acids is 2. The van der Waals surface area contributed by atoms with E-state index < -0.39 is 0 Å². The van der Waals surface area contributed by atoms with Crippen LogP contribution in [0.3, 0.4) is 0 Å². The number of benzene rings is 4. The van der Waals surface area contributed by atoms with E-state index in [4.69, 9.17) is 9.47 Å². The van der Waals surface area contributed by atoms with E-state index in [0.29, 0.717) is 22.9 Å². The molecule has 0 aliphatic carbocycles. The number of hydrogen-bond acceptors (Lipinski definition) is 4. The largest absolute Gasteiger partial charge is 0.484 e. The lowest BCUT2D eigenvalue weighted by atomic mass is 10.0. The lowest BCUT2D eigenvalue weighted by Crippen LogP contribution is -2.20. The molecule has 4 aromatic carbocycles. The molecule has 6 heteroatoms. The molecule has 2 amide bonds. The number of hydrogen-bond donors (Lipinski definition) is 2. The minimum Gasteiger partial charge on any atom is -0.484 e. The summed E-state index contributed by atoms with van der Waals surface area (Å²) in [4.78, 5) is 24.4. The fraction of sp³-hybridized carbons (Fsp3) is 0.161. The Kier molecular flexibility index (Phi) is 8.55. The number of nitrogens with one attached hydrogen (secondary N) is 2. The molecule has 4 aromatic rings. The Morgan fingerprint density at radius 2 is 1.00 bits per heavy atom. The number of anilines is 2. The fourth-order valence-corrected chi connectivity index (χ4v) is 3.75. The Morgan fingerprint density at radius 1 is 0.595 bits per heavy atom. The molecule has 0 aliphatic heterocycles. The highest BCUT2D eigenvalue weighted by atomic mass is 16.5. The van der Waals surface area contributed by atoms with Gasteiger partial charge in [-0.15, -0.1) is 0 Å². The number of rotatable bonds is 10. The lowest BCUT2D eigenvalue weighted by molar-refractivity contribution is -0.118. The summed E-state index contributed by atoms with van der Waals surface area (Å²) < 4.78 is 11.1. The third-order valence-corrected chi connectivity index (χ3v) is 5.60. The van der Waals surface area contributed by atoms with Crippen LogP contribution >= 0.6 is 0 Å². The first-order valence-electron chi connectivity index (χ1n) is 12.1. The standard InChI is InChI=1S/C31H30N2O4/c1-22-5-3-7-28(17-22)36-20-30(34)32-26-13-9-24(10-14-26)19-25-11-15-27(16-12-25)33-31(35)21-37-29-8-4-6-23(2)18-29/h3-18H,19-21H2,1-2H3,(H,32,34)(H,33,35). The Hall–Kier alpha value is -4.58. The van der Waals surface area contributed by atoms with Crippen molar-refractivity contribution in [1.82, 2.24) is 0 Å². The number of ether oxygens (including phenoxy) is 2. The van der Waals surface area contributed by atoms with Crippen LogP contribution in [0.25, 0.3) is 0 Å². The first kappa shape index (κ1) is 25.5. The van der Waals surface area contributed by atoms with Crippen LogP contribution in [0, 0.1) is 13.8 Å². The molecule has 0 unspecified atom stereocenters. The van der Waals surface area contributed by atoms with E-state index in [1.165, 1.54) is 0 Å². The van der Waals surface area contributed by atoms with Crippen LogP contribution in [0.1, 0.15) is 22.3 Å². The minimum atomic E-state index is -0.212. The highest BCUT2D eigenvalue weighted by Gasteiger charge is 2.06. The molecule has 6 nitrogen and oxygen atoms in total. The van der Waals surface area contributed by atoms with Crippen LogP contribution < -0.4 is 20.1 Å². The maximum atomic E-state index is 12.2. The molecule has 0 fully saturated rings. The Labute approximate surface area is 217 Å². The van der Waals surface area contributed by atoms with Crippen molar-refractivity contribution < 1.29 is 19.1 Å². The molecule has 2 N–H and O–H groups in total. The second kappa shape index (κ2) is 12.4. The molecule has 0 aromatic heterocycles. The number of carbonyl (C=O) groups is 2. The van der Waals surface area contributed by atoms with E-state index in [1.807, 2.05) is 111 Å². The molecule has 37 heavy (non-hydrogen) atoms. The zero-order valence-electron chi connectivity index (χ0n) is 21.0. The van der Waals surface area contributed by atoms with E-state index in [1.54, 1.807) is 0 Å². The van der Waals surface area contributed by atoms with E-state index in [9.17, 15) is 9.59 Å². The second-order valence-corrected chi connectivity index (χ2v) is 8.88. The van der Waals surface area contributed by atoms with Crippen LogP contribution in [0.5, 0.6) is 11.5 Å². The van der Waals surface area contributed by atoms with Gasteiger partial charge in [-0.1, -0.05) is 48.5 Å². The molecule has 0 atom stereocenters. The van der Waals surface area contributed by atoms with Gasteiger partial charge >= 0.3 is 0 Å². The van der Waals surface area contributed by atoms with Crippen molar-refractivity contribution in [2.75, 3.05) is 23.8 Å². The summed E-state index contributed by atoms with van der Waals surface area (Å²) in [6, 6.07) is 30.6. The predicted octanol–water partition coefficient (Wildman–Crippen LogP) is 5.93. The van der Waals surface area contributed by atoms with Crippen LogP contribution in [-0.2, 0) is 16.0 Å². The maximum Gasteiger partial charge on any atom is 0.262 e. The molecule has 0 radical (unpaired) electrons. The summed E-state index contributed by atoms with van der Waals surface area (Å²) in [5.74, 6) is 0.922. The van der Waals surface area contributed by atoms with Gasteiger partial charge in [0.25, 0.3) is 11.8 Å². The van der Waals surface area contributed by atoms with Crippen LogP contribution in [-0.4, -0.2) is 25.0 Å². The molecular formula is C31H30N2O4. The smallest absolute Gasteiger partial charge is 0.262 e. The van der Waals surface area contributed by atoms with E-state index in [2.05, 4.69) is 10.6 Å². The number of amides is 2. The SMILES string of the molecule is Cc1cccc(OCC(=O)Nc2ccc(Cc3ccc(NC(=O)COc4cccc(C)c4)cc3)cc2)c1. The van der Waals surface area contributed by atoms with Crippen molar-refractivity contribution >= 4 is 23.2 Å². The predicted molar refractivity (Wildman–Crippen MR) is 146 cm³/mol. The van der Waals surface area contributed by atoms with Crippen molar-refractivity contribution in [1.29, 1.82) is 0 Å². The number of aryl methyl sites for hydroxylation is 2.